The van der Waals surface area contributed by atoms with Gasteiger partial charge in [0.1, 0.15) is 0 Å². The minimum absolute atomic E-state index is 0. The van der Waals surface area contributed by atoms with Crippen LogP contribution in [0.3, 0.4) is 0 Å². The Hall–Kier alpha value is -2.22. The van der Waals surface area contributed by atoms with E-state index < -0.39 is 0 Å². The summed E-state index contributed by atoms with van der Waals surface area (Å²) in [6, 6.07) is 41.6. The first-order valence-electron chi connectivity index (χ1n) is 20.5. The Kier molecular flexibility index (Phi) is 18.5. The molecule has 0 heterocycles. The number of halogens is 2. The Bertz CT molecular complexity index is 1860. The van der Waals surface area contributed by atoms with Crippen molar-refractivity contribution in [2.75, 3.05) is 0 Å². The molecule has 4 heteroatoms. The van der Waals surface area contributed by atoms with Crippen LogP contribution in [0.25, 0.3) is 43.8 Å². The molecule has 2 saturated carbocycles. The van der Waals surface area contributed by atoms with Crippen molar-refractivity contribution in [3.05, 3.63) is 131 Å². The second-order valence-electron chi connectivity index (χ2n) is 15.9. The smallest absolute Gasteiger partial charge is 1.00 e. The summed E-state index contributed by atoms with van der Waals surface area (Å²) in [6.07, 6.45) is 18.7. The minimum Gasteiger partial charge on any atom is -1.00 e. The van der Waals surface area contributed by atoms with Gasteiger partial charge in [0.2, 0.25) is 0 Å². The second-order valence-corrected chi connectivity index (χ2v) is 25.3. The number of fused-ring (bicyclic) bond motifs is 2. The van der Waals surface area contributed by atoms with Crippen molar-refractivity contribution in [2.24, 2.45) is 11.8 Å². The summed E-state index contributed by atoms with van der Waals surface area (Å²) >= 11 is 1.74. The summed E-state index contributed by atoms with van der Waals surface area (Å²) in [7, 11) is 0. The topological polar surface area (TPSA) is 0 Å². The normalized spacial score (nSPS) is 14.2. The summed E-state index contributed by atoms with van der Waals surface area (Å²) < 4.78 is 0. The maximum atomic E-state index is 2.45. The zero-order chi connectivity index (χ0) is 36.3. The van der Waals surface area contributed by atoms with E-state index in [1.165, 1.54) is 156 Å². The van der Waals surface area contributed by atoms with E-state index in [1.54, 1.807) is 23.3 Å². The van der Waals surface area contributed by atoms with E-state index in [0.29, 0.717) is 0 Å². The Balaban J connectivity index is 0.000000212. The zero-order valence-electron chi connectivity index (χ0n) is 33.2. The van der Waals surface area contributed by atoms with Crippen molar-refractivity contribution in [1.82, 2.24) is 0 Å². The van der Waals surface area contributed by atoms with Crippen LogP contribution in [-0.4, -0.2) is 5.43 Å². The quantitative estimate of drug-likeness (QED) is 0.0958. The Labute approximate surface area is 354 Å². The Morgan fingerprint density at radius 2 is 0.907 bits per heavy atom. The first kappa shape index (κ1) is 44.5. The van der Waals surface area contributed by atoms with Gasteiger partial charge >= 0.3 is 41.9 Å². The first-order chi connectivity index (χ1) is 25.4. The minimum atomic E-state index is 0. The number of hydrogen-bond donors (Lipinski definition) is 0. The van der Waals surface area contributed by atoms with Crippen molar-refractivity contribution in [2.45, 2.75) is 117 Å². The molecular weight excluding hydrogens is 791 g/mol. The van der Waals surface area contributed by atoms with Crippen LogP contribution in [-0.2, 0) is 49.0 Å². The SMILES string of the molecule is CCCc1ccc(-c2cccc3[cH-]c(CC4CCCC4)cc23)cc1.CCCc1ccc(-c2cccc3[cH-]c(CC4CCCC4)cc23)cc1.C[Si](C)=[Zr+2].[Cl-].[Cl-]. The number of rotatable bonds is 10. The number of benzene rings is 4. The predicted molar refractivity (Wildman–Crippen MR) is 227 cm³/mol. The van der Waals surface area contributed by atoms with E-state index >= 15 is 0 Å². The molecule has 8 rings (SSSR count). The molecule has 2 aliphatic carbocycles. The molecular formula is C50H60Cl2SiZr-2. The standard InChI is InChI=1S/2C24H27.C2H6Si.2ClH.Zr/c2*1-2-6-18-11-13-21(14-12-18)23-10-5-9-22-16-20(17-24(22)23)15-19-7-3-4-8-19;1-3-2;;;/h2*5,9-14,16-17,19H,2-4,6-8,15H2,1H3;1-2H3;2*1H;/q2*-1;;;;+2/p-2. The van der Waals surface area contributed by atoms with Crippen LogP contribution in [0.2, 0.25) is 13.1 Å². The molecule has 54 heavy (non-hydrogen) atoms. The maximum absolute atomic E-state index is 2.45. The fourth-order valence-electron chi connectivity index (χ4n) is 8.71. The van der Waals surface area contributed by atoms with Crippen LogP contribution in [0, 0.1) is 11.8 Å². The third-order valence-corrected chi connectivity index (χ3v) is 11.2. The molecule has 0 unspecified atom stereocenters. The Morgan fingerprint density at radius 3 is 1.24 bits per heavy atom. The van der Waals surface area contributed by atoms with Gasteiger partial charge in [0, 0.05) is 0 Å². The van der Waals surface area contributed by atoms with Gasteiger partial charge in [0.05, 0.1) is 0 Å². The molecule has 0 N–H and O–H groups in total. The molecule has 0 bridgehead atoms. The zero-order valence-corrected chi connectivity index (χ0v) is 38.2. The van der Waals surface area contributed by atoms with Crippen molar-refractivity contribution in [1.29, 1.82) is 0 Å². The molecule has 0 atom stereocenters. The molecule has 0 radical (unpaired) electrons. The fraction of sp³-hybridized carbons (Fsp3) is 0.400. The van der Waals surface area contributed by atoms with Gasteiger partial charge in [-0.2, -0.15) is 12.1 Å². The Morgan fingerprint density at radius 1 is 0.556 bits per heavy atom. The van der Waals surface area contributed by atoms with Gasteiger partial charge in [-0.15, -0.1) is 69.1 Å². The third-order valence-electron chi connectivity index (χ3n) is 11.2. The van der Waals surface area contributed by atoms with Crippen LogP contribution < -0.4 is 24.8 Å². The average Bonchev–Trinajstić information content (AvgIpc) is 3.98. The van der Waals surface area contributed by atoms with Gasteiger partial charge < -0.3 is 24.8 Å². The summed E-state index contributed by atoms with van der Waals surface area (Å²) in [4.78, 5) is 0. The van der Waals surface area contributed by atoms with Crippen LogP contribution >= 0.6 is 0 Å². The van der Waals surface area contributed by atoms with Crippen LogP contribution in [0.5, 0.6) is 0 Å². The largest absolute Gasteiger partial charge is 1.00 e. The summed E-state index contributed by atoms with van der Waals surface area (Å²) in [6.45, 7) is 9.10. The van der Waals surface area contributed by atoms with Crippen molar-refractivity contribution in [3.63, 3.8) is 0 Å². The molecule has 0 saturated heterocycles. The maximum Gasteiger partial charge on any atom is -1.00 e. The predicted octanol–water partition coefficient (Wildman–Crippen LogP) is 8.61. The fourth-order valence-corrected chi connectivity index (χ4v) is 8.71. The van der Waals surface area contributed by atoms with Crippen LogP contribution in [0.15, 0.2) is 109 Å². The van der Waals surface area contributed by atoms with Gasteiger partial charge in [-0.25, -0.2) is 0 Å². The van der Waals surface area contributed by atoms with E-state index in [2.05, 4.69) is 136 Å². The van der Waals surface area contributed by atoms with E-state index in [9.17, 15) is 0 Å². The molecule has 6 aromatic carbocycles. The molecule has 284 valence electrons. The van der Waals surface area contributed by atoms with Gasteiger partial charge in [-0.3, -0.25) is 0 Å². The summed E-state index contributed by atoms with van der Waals surface area (Å²) in [5.74, 6) is 1.83. The molecule has 0 spiro atoms. The number of hydrogen-bond acceptors (Lipinski definition) is 0. The first-order valence-corrected chi connectivity index (χ1v) is 26.7. The average molecular weight is 851 g/mol. The molecule has 2 aliphatic rings. The van der Waals surface area contributed by atoms with E-state index in [0.717, 1.165) is 11.8 Å². The van der Waals surface area contributed by atoms with Crippen LogP contribution in [0.4, 0.5) is 0 Å². The van der Waals surface area contributed by atoms with Gasteiger partial charge in [-0.1, -0.05) is 150 Å². The van der Waals surface area contributed by atoms with Crippen LogP contribution in [0.1, 0.15) is 100 Å². The molecule has 2 fully saturated rings. The van der Waals surface area contributed by atoms with Crippen molar-refractivity contribution < 1.29 is 48.1 Å². The third kappa shape index (κ3) is 12.4. The monoisotopic (exact) mass is 848 g/mol. The van der Waals surface area contributed by atoms with Gasteiger partial charge in [-0.05, 0) is 59.8 Å². The number of aryl methyl sites for hydroxylation is 2. The van der Waals surface area contributed by atoms with Crippen molar-refractivity contribution in [3.8, 4) is 22.3 Å². The van der Waals surface area contributed by atoms with Gasteiger partial charge in [0.25, 0.3) is 0 Å². The van der Waals surface area contributed by atoms with E-state index in [4.69, 9.17) is 0 Å². The molecule has 6 aromatic rings. The summed E-state index contributed by atoms with van der Waals surface area (Å²) in [5, 5.41) is 5.65. The second kappa shape index (κ2) is 22.5. The molecule has 0 amide bonds. The molecule has 0 aromatic heterocycles. The van der Waals surface area contributed by atoms with E-state index in [1.807, 2.05) is 0 Å². The van der Waals surface area contributed by atoms with Gasteiger partial charge in [0.15, 0.2) is 0 Å². The summed E-state index contributed by atoms with van der Waals surface area (Å²) in [5.41, 5.74) is 11.6. The molecule has 0 aliphatic heterocycles. The van der Waals surface area contributed by atoms with Crippen molar-refractivity contribution >= 4 is 27.0 Å². The molecule has 0 nitrogen and oxygen atoms in total. The van der Waals surface area contributed by atoms with E-state index in [-0.39, 0.29) is 30.2 Å².